The fourth-order valence-electron chi connectivity index (χ4n) is 2.94. The predicted octanol–water partition coefficient (Wildman–Crippen LogP) is 3.42. The average molecular weight is 419 g/mol. The van der Waals surface area contributed by atoms with E-state index in [1.165, 1.54) is 18.3 Å². The Morgan fingerprint density at radius 1 is 1.23 bits per heavy atom. The molecule has 1 aromatic carbocycles. The first-order valence-electron chi connectivity index (χ1n) is 8.89. The molecule has 3 aromatic rings. The minimum absolute atomic E-state index is 0.265. The van der Waals surface area contributed by atoms with Crippen molar-refractivity contribution < 1.29 is 27.4 Å². The molecule has 0 radical (unpaired) electrons. The number of aromatic amines is 1. The number of nitrogens with one attached hydrogen (secondary N) is 2. The maximum Gasteiger partial charge on any atom is 0.573 e. The van der Waals surface area contributed by atoms with Gasteiger partial charge in [0.1, 0.15) is 24.1 Å². The number of alkyl halides is 3. The SMILES string of the molecule is O=C(Nc1ccc(OC(F)(F)F)cc1)c1cnc(N2CCOC2)c(-c2ncc[nH]2)c1. The lowest BCUT2D eigenvalue weighted by molar-refractivity contribution is -0.274. The minimum atomic E-state index is -4.78. The molecule has 30 heavy (non-hydrogen) atoms. The van der Waals surface area contributed by atoms with Crippen LogP contribution in [-0.2, 0) is 4.74 Å². The van der Waals surface area contributed by atoms with Crippen molar-refractivity contribution in [1.29, 1.82) is 0 Å². The molecule has 2 N–H and O–H groups in total. The third-order valence-electron chi connectivity index (χ3n) is 4.28. The van der Waals surface area contributed by atoms with Gasteiger partial charge in [-0.15, -0.1) is 13.2 Å². The van der Waals surface area contributed by atoms with Crippen molar-refractivity contribution in [3.8, 4) is 17.1 Å². The Labute approximate surface area is 168 Å². The summed E-state index contributed by atoms with van der Waals surface area (Å²) in [5.74, 6) is 0.337. The Kier molecular flexibility index (Phi) is 5.27. The molecule has 3 heterocycles. The normalized spacial score (nSPS) is 14.0. The fourth-order valence-corrected chi connectivity index (χ4v) is 2.94. The van der Waals surface area contributed by atoms with Gasteiger partial charge in [0.25, 0.3) is 5.91 Å². The lowest BCUT2D eigenvalue weighted by Crippen LogP contribution is -2.22. The molecule has 2 aromatic heterocycles. The van der Waals surface area contributed by atoms with E-state index in [2.05, 4.69) is 25.0 Å². The van der Waals surface area contributed by atoms with Crippen LogP contribution >= 0.6 is 0 Å². The monoisotopic (exact) mass is 419 g/mol. The standard InChI is InChI=1S/C19H16F3N5O3/c20-19(21,22)30-14-3-1-13(2-4-14)26-18(28)12-9-15(16-23-5-6-24-16)17(25-10-12)27-7-8-29-11-27/h1-6,9-10H,7-8,11H2,(H,23,24)(H,26,28). The molecule has 156 valence electrons. The lowest BCUT2D eigenvalue weighted by Gasteiger charge is -2.18. The Morgan fingerprint density at radius 2 is 2.03 bits per heavy atom. The Bertz CT molecular complexity index is 1020. The molecule has 0 saturated carbocycles. The molecule has 0 unspecified atom stereocenters. The number of rotatable bonds is 5. The van der Waals surface area contributed by atoms with Gasteiger partial charge in [0.05, 0.1) is 17.7 Å². The fraction of sp³-hybridized carbons (Fsp3) is 0.211. The number of H-pyrrole nitrogens is 1. The number of anilines is 2. The molecule has 1 aliphatic heterocycles. The van der Waals surface area contributed by atoms with Crippen molar-refractivity contribution in [2.24, 2.45) is 0 Å². The van der Waals surface area contributed by atoms with E-state index in [0.717, 1.165) is 12.1 Å². The number of pyridine rings is 1. The summed E-state index contributed by atoms with van der Waals surface area (Å²) >= 11 is 0. The third-order valence-corrected chi connectivity index (χ3v) is 4.28. The van der Waals surface area contributed by atoms with Crippen LogP contribution in [0.4, 0.5) is 24.7 Å². The quantitative estimate of drug-likeness (QED) is 0.659. The van der Waals surface area contributed by atoms with Crippen LogP contribution in [-0.4, -0.2) is 47.1 Å². The van der Waals surface area contributed by atoms with Gasteiger partial charge in [0, 0.05) is 30.8 Å². The molecule has 1 aliphatic rings. The smallest absolute Gasteiger partial charge is 0.406 e. The maximum atomic E-state index is 12.7. The number of benzene rings is 1. The highest BCUT2D eigenvalue weighted by molar-refractivity contribution is 6.05. The Morgan fingerprint density at radius 3 is 2.67 bits per heavy atom. The van der Waals surface area contributed by atoms with Gasteiger partial charge in [-0.2, -0.15) is 0 Å². The summed E-state index contributed by atoms with van der Waals surface area (Å²) in [4.78, 5) is 26.2. The van der Waals surface area contributed by atoms with Gasteiger partial charge < -0.3 is 24.7 Å². The van der Waals surface area contributed by atoms with Crippen LogP contribution < -0.4 is 15.0 Å². The summed E-state index contributed by atoms with van der Waals surface area (Å²) in [5, 5.41) is 2.63. The number of aromatic nitrogens is 3. The molecule has 0 atom stereocenters. The number of hydrogen-bond acceptors (Lipinski definition) is 6. The Hall–Kier alpha value is -3.60. The summed E-state index contributed by atoms with van der Waals surface area (Å²) in [6.45, 7) is 1.63. The van der Waals surface area contributed by atoms with E-state index in [4.69, 9.17) is 4.74 Å². The van der Waals surface area contributed by atoms with Crippen molar-refractivity contribution >= 4 is 17.4 Å². The van der Waals surface area contributed by atoms with Gasteiger partial charge in [-0.05, 0) is 30.3 Å². The molecule has 0 aliphatic carbocycles. The van der Waals surface area contributed by atoms with Gasteiger partial charge in [-0.25, -0.2) is 9.97 Å². The van der Waals surface area contributed by atoms with Crippen LogP contribution in [0.1, 0.15) is 10.4 Å². The second-order valence-corrected chi connectivity index (χ2v) is 6.36. The van der Waals surface area contributed by atoms with Crippen molar-refractivity contribution in [3.05, 3.63) is 54.5 Å². The zero-order chi connectivity index (χ0) is 21.1. The number of halogens is 3. The highest BCUT2D eigenvalue weighted by atomic mass is 19.4. The van der Waals surface area contributed by atoms with E-state index in [9.17, 15) is 18.0 Å². The predicted molar refractivity (Wildman–Crippen MR) is 101 cm³/mol. The highest BCUT2D eigenvalue weighted by Crippen LogP contribution is 2.29. The highest BCUT2D eigenvalue weighted by Gasteiger charge is 2.31. The van der Waals surface area contributed by atoms with Crippen molar-refractivity contribution in [1.82, 2.24) is 15.0 Å². The molecule has 1 saturated heterocycles. The van der Waals surface area contributed by atoms with Crippen molar-refractivity contribution in [2.45, 2.75) is 6.36 Å². The Balaban J connectivity index is 1.55. The molecule has 1 fully saturated rings. The van der Waals surface area contributed by atoms with Crippen molar-refractivity contribution in [2.75, 3.05) is 30.1 Å². The molecule has 4 rings (SSSR count). The molecular weight excluding hydrogens is 403 g/mol. The van der Waals surface area contributed by atoms with Crippen LogP contribution in [0.3, 0.4) is 0 Å². The van der Waals surface area contributed by atoms with Crippen LogP contribution in [0, 0.1) is 0 Å². The van der Waals surface area contributed by atoms with Gasteiger partial charge in [-0.3, -0.25) is 4.79 Å². The van der Waals surface area contributed by atoms with Crippen LogP contribution in [0.15, 0.2) is 48.9 Å². The summed E-state index contributed by atoms with van der Waals surface area (Å²) in [6, 6.07) is 6.51. The first kappa shape index (κ1) is 19.7. The van der Waals surface area contributed by atoms with Gasteiger partial charge in [0.2, 0.25) is 0 Å². The summed E-state index contributed by atoms with van der Waals surface area (Å²) in [7, 11) is 0. The van der Waals surface area contributed by atoms with Crippen LogP contribution in [0.5, 0.6) is 5.75 Å². The first-order valence-corrected chi connectivity index (χ1v) is 8.89. The summed E-state index contributed by atoms with van der Waals surface area (Å²) < 4.78 is 46.0. The number of carbonyl (C=O) groups is 1. The van der Waals surface area contributed by atoms with Crippen LogP contribution in [0.2, 0.25) is 0 Å². The topological polar surface area (TPSA) is 92.4 Å². The van der Waals surface area contributed by atoms with Crippen molar-refractivity contribution in [3.63, 3.8) is 0 Å². The second kappa shape index (κ2) is 8.03. The van der Waals surface area contributed by atoms with Gasteiger partial charge >= 0.3 is 6.36 Å². The zero-order valence-corrected chi connectivity index (χ0v) is 15.4. The minimum Gasteiger partial charge on any atom is -0.406 e. The third kappa shape index (κ3) is 4.51. The van der Waals surface area contributed by atoms with E-state index < -0.39 is 12.3 Å². The summed E-state index contributed by atoms with van der Waals surface area (Å²) in [6.07, 6.45) is -0.0921. The molecule has 1 amide bonds. The van der Waals surface area contributed by atoms with E-state index in [-0.39, 0.29) is 11.3 Å². The second-order valence-electron chi connectivity index (χ2n) is 6.36. The molecule has 0 spiro atoms. The maximum absolute atomic E-state index is 12.7. The molecule has 8 nitrogen and oxygen atoms in total. The largest absolute Gasteiger partial charge is 0.573 e. The average Bonchev–Trinajstić information content (AvgIpc) is 3.42. The first-order chi connectivity index (χ1) is 14.4. The number of amides is 1. The number of carbonyl (C=O) groups excluding carboxylic acids is 1. The van der Waals surface area contributed by atoms with Gasteiger partial charge in [0.15, 0.2) is 0 Å². The molecule has 11 heteroatoms. The lowest BCUT2D eigenvalue weighted by atomic mass is 10.1. The number of imidazole rings is 1. The zero-order valence-electron chi connectivity index (χ0n) is 15.4. The number of ether oxygens (including phenoxy) is 2. The number of hydrogen-bond donors (Lipinski definition) is 2. The summed E-state index contributed by atoms with van der Waals surface area (Å²) in [5.41, 5.74) is 1.21. The van der Waals surface area contributed by atoms with E-state index in [0.29, 0.717) is 42.8 Å². The molecular formula is C19H16F3N5O3. The van der Waals surface area contributed by atoms with Gasteiger partial charge in [-0.1, -0.05) is 0 Å². The molecule has 0 bridgehead atoms. The van der Waals surface area contributed by atoms with E-state index >= 15 is 0 Å². The van der Waals surface area contributed by atoms with E-state index in [1.807, 2.05) is 4.90 Å². The number of nitrogens with zero attached hydrogens (tertiary/aromatic N) is 3. The van der Waals surface area contributed by atoms with E-state index in [1.54, 1.807) is 18.5 Å². The van der Waals surface area contributed by atoms with Crippen LogP contribution in [0.25, 0.3) is 11.4 Å².